The van der Waals surface area contributed by atoms with Crippen LogP contribution in [0.25, 0.3) is 0 Å². The molecule has 0 radical (unpaired) electrons. The van der Waals surface area contributed by atoms with Crippen molar-refractivity contribution in [2.75, 3.05) is 11.9 Å². The number of rotatable bonds is 3. The van der Waals surface area contributed by atoms with Crippen molar-refractivity contribution in [2.24, 2.45) is 0 Å². The molecule has 4 heteroatoms. The lowest BCUT2D eigenvalue weighted by Crippen LogP contribution is -2.01. The molecule has 0 fully saturated rings. The Bertz CT molecular complexity index is 227. The Kier molecular flexibility index (Phi) is 3.11. The summed E-state index contributed by atoms with van der Waals surface area (Å²) in [6.07, 6.45) is 4.23. The van der Waals surface area contributed by atoms with E-state index in [1.54, 1.807) is 6.20 Å². The van der Waals surface area contributed by atoms with E-state index in [1.165, 1.54) is 6.20 Å². The van der Waals surface area contributed by atoms with Crippen LogP contribution in [0.5, 0.6) is 0 Å². The summed E-state index contributed by atoms with van der Waals surface area (Å²) in [5, 5.41) is 3.50. The predicted molar refractivity (Wildman–Crippen MR) is 45.8 cm³/mol. The maximum Gasteiger partial charge on any atom is 0.149 e. The van der Waals surface area contributed by atoms with Gasteiger partial charge in [-0.25, -0.2) is 4.98 Å². The minimum Gasteiger partial charge on any atom is -0.369 e. The van der Waals surface area contributed by atoms with Crippen LogP contribution in [-0.4, -0.2) is 16.5 Å². The van der Waals surface area contributed by atoms with Gasteiger partial charge in [-0.1, -0.05) is 18.5 Å². The largest absolute Gasteiger partial charge is 0.369 e. The van der Waals surface area contributed by atoms with Crippen molar-refractivity contribution in [1.82, 2.24) is 9.97 Å². The monoisotopic (exact) mass is 171 g/mol. The SMILES string of the molecule is CCCNc1cncc(Cl)n1. The van der Waals surface area contributed by atoms with E-state index in [2.05, 4.69) is 22.2 Å². The zero-order chi connectivity index (χ0) is 8.10. The van der Waals surface area contributed by atoms with Crippen molar-refractivity contribution < 1.29 is 0 Å². The first kappa shape index (κ1) is 8.27. The highest BCUT2D eigenvalue weighted by Crippen LogP contribution is 2.05. The van der Waals surface area contributed by atoms with Crippen LogP contribution in [0.1, 0.15) is 13.3 Å². The van der Waals surface area contributed by atoms with Crippen molar-refractivity contribution in [3.8, 4) is 0 Å². The van der Waals surface area contributed by atoms with Gasteiger partial charge in [-0.3, -0.25) is 4.98 Å². The van der Waals surface area contributed by atoms with Crippen LogP contribution in [0.15, 0.2) is 12.4 Å². The minimum atomic E-state index is 0.422. The highest BCUT2D eigenvalue weighted by atomic mass is 35.5. The fourth-order valence-corrected chi connectivity index (χ4v) is 0.828. The molecule has 1 heterocycles. The van der Waals surface area contributed by atoms with Crippen LogP contribution < -0.4 is 5.32 Å². The smallest absolute Gasteiger partial charge is 0.149 e. The Hall–Kier alpha value is -0.830. The highest BCUT2D eigenvalue weighted by molar-refractivity contribution is 6.29. The summed E-state index contributed by atoms with van der Waals surface area (Å²) < 4.78 is 0. The van der Waals surface area contributed by atoms with Crippen molar-refractivity contribution in [1.29, 1.82) is 0 Å². The molecular weight excluding hydrogens is 162 g/mol. The first-order valence-corrected chi connectivity index (χ1v) is 3.92. The van der Waals surface area contributed by atoms with Gasteiger partial charge >= 0.3 is 0 Å². The topological polar surface area (TPSA) is 37.8 Å². The van der Waals surface area contributed by atoms with Gasteiger partial charge in [0.2, 0.25) is 0 Å². The van der Waals surface area contributed by atoms with E-state index in [9.17, 15) is 0 Å². The van der Waals surface area contributed by atoms with Crippen molar-refractivity contribution >= 4 is 17.4 Å². The van der Waals surface area contributed by atoms with E-state index in [0.29, 0.717) is 5.15 Å². The van der Waals surface area contributed by atoms with Gasteiger partial charge < -0.3 is 5.32 Å². The summed E-state index contributed by atoms with van der Waals surface area (Å²) in [4.78, 5) is 7.88. The summed E-state index contributed by atoms with van der Waals surface area (Å²) in [5.74, 6) is 0.736. The van der Waals surface area contributed by atoms with Gasteiger partial charge in [-0.15, -0.1) is 0 Å². The zero-order valence-electron chi connectivity index (χ0n) is 6.34. The Labute approximate surface area is 70.8 Å². The predicted octanol–water partition coefficient (Wildman–Crippen LogP) is 1.95. The number of hydrogen-bond acceptors (Lipinski definition) is 3. The third-order valence-corrected chi connectivity index (χ3v) is 1.34. The van der Waals surface area contributed by atoms with E-state index < -0.39 is 0 Å². The average molecular weight is 172 g/mol. The molecule has 1 N–H and O–H groups in total. The fourth-order valence-electron chi connectivity index (χ4n) is 0.680. The maximum atomic E-state index is 5.61. The molecule has 3 nitrogen and oxygen atoms in total. The van der Waals surface area contributed by atoms with Crippen LogP contribution in [0.2, 0.25) is 5.15 Å². The normalized spacial score (nSPS) is 9.64. The van der Waals surface area contributed by atoms with Crippen molar-refractivity contribution in [3.05, 3.63) is 17.5 Å². The number of anilines is 1. The lowest BCUT2D eigenvalue weighted by Gasteiger charge is -2.01. The van der Waals surface area contributed by atoms with Gasteiger partial charge in [0.1, 0.15) is 11.0 Å². The Morgan fingerprint density at radius 1 is 1.55 bits per heavy atom. The second-order valence-electron chi connectivity index (χ2n) is 2.15. The van der Waals surface area contributed by atoms with Crippen molar-refractivity contribution in [3.63, 3.8) is 0 Å². The number of hydrogen-bond donors (Lipinski definition) is 1. The molecule has 0 aliphatic carbocycles. The molecule has 0 spiro atoms. The van der Waals surface area contributed by atoms with Crippen LogP contribution in [0.4, 0.5) is 5.82 Å². The summed E-state index contributed by atoms with van der Waals surface area (Å²) >= 11 is 5.61. The lowest BCUT2D eigenvalue weighted by atomic mass is 10.5. The third kappa shape index (κ3) is 2.72. The Morgan fingerprint density at radius 3 is 3.00 bits per heavy atom. The Balaban J connectivity index is 2.56. The first-order chi connectivity index (χ1) is 5.33. The summed E-state index contributed by atoms with van der Waals surface area (Å²) in [6.45, 7) is 2.99. The number of aromatic nitrogens is 2. The standard InChI is InChI=1S/C7H10ClN3/c1-2-3-10-7-5-9-4-6(8)11-7/h4-5H,2-3H2,1H3,(H,10,11). The van der Waals surface area contributed by atoms with E-state index in [0.717, 1.165) is 18.8 Å². The average Bonchev–Trinajstić information content (AvgIpc) is 2.01. The van der Waals surface area contributed by atoms with Crippen LogP contribution in [-0.2, 0) is 0 Å². The second kappa shape index (κ2) is 4.13. The van der Waals surface area contributed by atoms with Gasteiger partial charge in [0.05, 0.1) is 12.4 Å². The van der Waals surface area contributed by atoms with Crippen LogP contribution in [0, 0.1) is 0 Å². The van der Waals surface area contributed by atoms with Gasteiger partial charge in [-0.2, -0.15) is 0 Å². The second-order valence-corrected chi connectivity index (χ2v) is 2.54. The number of halogens is 1. The third-order valence-electron chi connectivity index (χ3n) is 1.16. The van der Waals surface area contributed by atoms with Gasteiger partial charge in [0.15, 0.2) is 0 Å². The molecule has 0 unspecified atom stereocenters. The fraction of sp³-hybridized carbons (Fsp3) is 0.429. The molecule has 60 valence electrons. The molecule has 0 amide bonds. The van der Waals surface area contributed by atoms with E-state index in [4.69, 9.17) is 11.6 Å². The Morgan fingerprint density at radius 2 is 2.36 bits per heavy atom. The number of nitrogens with zero attached hydrogens (tertiary/aromatic N) is 2. The lowest BCUT2D eigenvalue weighted by molar-refractivity contribution is 0.965. The van der Waals surface area contributed by atoms with E-state index in [-0.39, 0.29) is 0 Å². The maximum absolute atomic E-state index is 5.61. The molecule has 0 aromatic carbocycles. The first-order valence-electron chi connectivity index (χ1n) is 3.54. The summed E-state index contributed by atoms with van der Waals surface area (Å²) in [6, 6.07) is 0. The van der Waals surface area contributed by atoms with Gasteiger partial charge in [0, 0.05) is 6.54 Å². The van der Waals surface area contributed by atoms with Crippen LogP contribution >= 0.6 is 11.6 Å². The molecule has 1 aromatic rings. The zero-order valence-corrected chi connectivity index (χ0v) is 7.10. The molecule has 0 aliphatic heterocycles. The highest BCUT2D eigenvalue weighted by Gasteiger charge is 1.92. The quantitative estimate of drug-likeness (QED) is 0.756. The van der Waals surface area contributed by atoms with Gasteiger partial charge in [-0.05, 0) is 6.42 Å². The van der Waals surface area contributed by atoms with E-state index >= 15 is 0 Å². The van der Waals surface area contributed by atoms with E-state index in [1.807, 2.05) is 0 Å². The molecule has 0 saturated carbocycles. The molecule has 0 atom stereocenters. The van der Waals surface area contributed by atoms with Crippen molar-refractivity contribution in [2.45, 2.75) is 13.3 Å². The van der Waals surface area contributed by atoms with Crippen LogP contribution in [0.3, 0.4) is 0 Å². The molecule has 11 heavy (non-hydrogen) atoms. The number of nitrogens with one attached hydrogen (secondary N) is 1. The summed E-state index contributed by atoms with van der Waals surface area (Å²) in [7, 11) is 0. The molecular formula is C7H10ClN3. The van der Waals surface area contributed by atoms with Gasteiger partial charge in [0.25, 0.3) is 0 Å². The molecule has 0 aliphatic rings. The summed E-state index contributed by atoms with van der Waals surface area (Å²) in [5.41, 5.74) is 0. The molecule has 0 saturated heterocycles. The minimum absolute atomic E-state index is 0.422. The molecule has 1 rings (SSSR count). The molecule has 1 aromatic heterocycles. The molecule has 0 bridgehead atoms.